The summed E-state index contributed by atoms with van der Waals surface area (Å²) in [6, 6.07) is 9.90. The van der Waals surface area contributed by atoms with Crippen LogP contribution < -0.4 is 11.3 Å². The summed E-state index contributed by atoms with van der Waals surface area (Å²) in [5, 5.41) is 1.09. The van der Waals surface area contributed by atoms with Crippen LogP contribution >= 0.6 is 0 Å². The smallest absolute Gasteiger partial charge is 0.102 e. The number of nitrogens with two attached hydrogens (primary N) is 1. The van der Waals surface area contributed by atoms with Gasteiger partial charge >= 0.3 is 0 Å². The van der Waals surface area contributed by atoms with Crippen LogP contribution in [-0.2, 0) is 9.47 Å². The molecule has 2 heterocycles. The SMILES string of the molecule is NNC(c1cccc2ncccc12)C1COCCO1. The lowest BCUT2D eigenvalue weighted by Crippen LogP contribution is -2.43. The van der Waals surface area contributed by atoms with Crippen molar-refractivity contribution < 1.29 is 9.47 Å². The maximum absolute atomic E-state index is 5.75. The van der Waals surface area contributed by atoms with Crippen molar-refractivity contribution in [3.05, 3.63) is 42.1 Å². The van der Waals surface area contributed by atoms with Gasteiger partial charge in [-0.05, 0) is 17.7 Å². The highest BCUT2D eigenvalue weighted by Gasteiger charge is 2.26. The van der Waals surface area contributed by atoms with Gasteiger partial charge in [0.25, 0.3) is 0 Å². The van der Waals surface area contributed by atoms with Gasteiger partial charge in [0, 0.05) is 11.6 Å². The summed E-state index contributed by atoms with van der Waals surface area (Å²) in [6.45, 7) is 1.79. The summed E-state index contributed by atoms with van der Waals surface area (Å²) in [5.74, 6) is 5.72. The quantitative estimate of drug-likeness (QED) is 0.639. The van der Waals surface area contributed by atoms with Crippen LogP contribution in [0.25, 0.3) is 10.9 Å². The zero-order valence-corrected chi connectivity index (χ0v) is 10.6. The lowest BCUT2D eigenvalue weighted by Gasteiger charge is -2.30. The molecule has 1 saturated heterocycles. The zero-order valence-electron chi connectivity index (χ0n) is 10.6. The molecular formula is C14H17N3O2. The van der Waals surface area contributed by atoms with Gasteiger partial charge in [-0.15, -0.1) is 0 Å². The molecule has 1 aliphatic heterocycles. The third-order valence-corrected chi connectivity index (χ3v) is 3.41. The molecule has 0 amide bonds. The van der Waals surface area contributed by atoms with Gasteiger partial charge in [0.1, 0.15) is 6.10 Å². The third kappa shape index (κ3) is 2.46. The van der Waals surface area contributed by atoms with Gasteiger partial charge in [0.15, 0.2) is 0 Å². The molecule has 1 fully saturated rings. The minimum absolute atomic E-state index is 0.0791. The molecule has 100 valence electrons. The molecular weight excluding hydrogens is 242 g/mol. The van der Waals surface area contributed by atoms with Crippen molar-refractivity contribution >= 4 is 10.9 Å². The fraction of sp³-hybridized carbons (Fsp3) is 0.357. The second kappa shape index (κ2) is 5.63. The molecule has 3 rings (SSSR count). The van der Waals surface area contributed by atoms with Gasteiger partial charge in [0.05, 0.1) is 31.4 Å². The molecule has 0 saturated carbocycles. The number of hydrogen-bond donors (Lipinski definition) is 2. The highest BCUT2D eigenvalue weighted by atomic mass is 16.6. The first-order valence-electron chi connectivity index (χ1n) is 6.39. The van der Waals surface area contributed by atoms with E-state index in [4.69, 9.17) is 15.3 Å². The number of pyridine rings is 1. The highest BCUT2D eigenvalue weighted by molar-refractivity contribution is 5.82. The molecule has 19 heavy (non-hydrogen) atoms. The van der Waals surface area contributed by atoms with Crippen molar-refractivity contribution in [2.24, 2.45) is 5.84 Å². The topological polar surface area (TPSA) is 69.4 Å². The van der Waals surface area contributed by atoms with Crippen molar-refractivity contribution in [1.82, 2.24) is 10.4 Å². The summed E-state index contributed by atoms with van der Waals surface area (Å²) < 4.78 is 11.2. The van der Waals surface area contributed by atoms with Crippen LogP contribution in [0.2, 0.25) is 0 Å². The number of fused-ring (bicyclic) bond motifs is 1. The Balaban J connectivity index is 2.00. The molecule has 0 radical (unpaired) electrons. The number of rotatable bonds is 3. The molecule has 1 aliphatic rings. The Morgan fingerprint density at radius 2 is 2.21 bits per heavy atom. The number of benzene rings is 1. The molecule has 1 aromatic heterocycles. The number of nitrogens with one attached hydrogen (secondary N) is 1. The number of aromatic nitrogens is 1. The van der Waals surface area contributed by atoms with E-state index in [0.29, 0.717) is 19.8 Å². The first kappa shape index (κ1) is 12.5. The molecule has 1 aromatic carbocycles. The molecule has 2 aromatic rings. The molecule has 2 unspecified atom stereocenters. The molecule has 3 N–H and O–H groups in total. The van der Waals surface area contributed by atoms with Gasteiger partial charge in [-0.2, -0.15) is 0 Å². The lowest BCUT2D eigenvalue weighted by atomic mass is 9.97. The average Bonchev–Trinajstić information content (AvgIpc) is 2.49. The van der Waals surface area contributed by atoms with Crippen LogP contribution in [0, 0.1) is 0 Å². The van der Waals surface area contributed by atoms with E-state index in [1.54, 1.807) is 6.20 Å². The Morgan fingerprint density at radius 1 is 1.26 bits per heavy atom. The predicted molar refractivity (Wildman–Crippen MR) is 72.4 cm³/mol. The van der Waals surface area contributed by atoms with Gasteiger partial charge in [-0.1, -0.05) is 18.2 Å². The number of hydrazine groups is 1. The minimum atomic E-state index is -0.104. The molecule has 0 aliphatic carbocycles. The summed E-state index contributed by atoms with van der Waals surface area (Å²) in [5.41, 5.74) is 4.89. The van der Waals surface area contributed by atoms with Crippen LogP contribution in [-0.4, -0.2) is 30.9 Å². The first-order valence-corrected chi connectivity index (χ1v) is 6.39. The second-order valence-electron chi connectivity index (χ2n) is 4.55. The third-order valence-electron chi connectivity index (χ3n) is 3.41. The van der Waals surface area contributed by atoms with Crippen molar-refractivity contribution in [2.45, 2.75) is 12.1 Å². The summed E-state index contributed by atoms with van der Waals surface area (Å²) in [6.07, 6.45) is 1.71. The highest BCUT2D eigenvalue weighted by Crippen LogP contribution is 2.27. The largest absolute Gasteiger partial charge is 0.376 e. The van der Waals surface area contributed by atoms with Crippen molar-refractivity contribution in [3.8, 4) is 0 Å². The van der Waals surface area contributed by atoms with Gasteiger partial charge in [0.2, 0.25) is 0 Å². The number of hydrogen-bond acceptors (Lipinski definition) is 5. The van der Waals surface area contributed by atoms with Gasteiger partial charge in [-0.3, -0.25) is 16.3 Å². The van der Waals surface area contributed by atoms with E-state index in [9.17, 15) is 0 Å². The second-order valence-corrected chi connectivity index (χ2v) is 4.55. The molecule has 5 nitrogen and oxygen atoms in total. The van der Waals surface area contributed by atoms with Crippen LogP contribution in [0.4, 0.5) is 0 Å². The number of ether oxygens (including phenoxy) is 2. The maximum Gasteiger partial charge on any atom is 0.102 e. The van der Waals surface area contributed by atoms with Crippen molar-refractivity contribution in [1.29, 1.82) is 0 Å². The van der Waals surface area contributed by atoms with E-state index in [1.807, 2.05) is 30.3 Å². The average molecular weight is 259 g/mol. The molecule has 5 heteroatoms. The van der Waals surface area contributed by atoms with E-state index in [1.165, 1.54) is 0 Å². The maximum atomic E-state index is 5.75. The van der Waals surface area contributed by atoms with Crippen molar-refractivity contribution in [3.63, 3.8) is 0 Å². The fourth-order valence-electron chi connectivity index (χ4n) is 2.49. The Labute approximate surface area is 111 Å². The van der Waals surface area contributed by atoms with Crippen LogP contribution in [0.3, 0.4) is 0 Å². The molecule has 0 bridgehead atoms. The van der Waals surface area contributed by atoms with E-state index < -0.39 is 0 Å². The van der Waals surface area contributed by atoms with E-state index in [-0.39, 0.29) is 12.1 Å². The Morgan fingerprint density at radius 3 is 3.00 bits per heavy atom. The van der Waals surface area contributed by atoms with Crippen LogP contribution in [0.15, 0.2) is 36.5 Å². The standard InChI is InChI=1S/C14H17N3O2/c15-17-14(13-9-18-7-8-19-13)11-3-1-5-12-10(11)4-2-6-16-12/h1-6,13-14,17H,7-9,15H2. The Bertz CT molecular complexity index is 550. The van der Waals surface area contributed by atoms with Gasteiger partial charge in [-0.25, -0.2) is 0 Å². The Hall–Kier alpha value is -1.53. The van der Waals surface area contributed by atoms with Crippen LogP contribution in [0.5, 0.6) is 0 Å². The minimum Gasteiger partial charge on any atom is -0.376 e. The monoisotopic (exact) mass is 259 g/mol. The molecule has 0 spiro atoms. The van der Waals surface area contributed by atoms with Crippen molar-refractivity contribution in [2.75, 3.05) is 19.8 Å². The van der Waals surface area contributed by atoms with E-state index in [2.05, 4.69) is 10.4 Å². The van der Waals surface area contributed by atoms with E-state index in [0.717, 1.165) is 16.5 Å². The zero-order chi connectivity index (χ0) is 13.1. The normalized spacial score (nSPS) is 21.4. The first-order chi connectivity index (χ1) is 9.40. The summed E-state index contributed by atoms with van der Waals surface area (Å²) in [7, 11) is 0. The van der Waals surface area contributed by atoms with Gasteiger partial charge < -0.3 is 9.47 Å². The summed E-state index contributed by atoms with van der Waals surface area (Å²) in [4.78, 5) is 4.36. The molecule has 2 atom stereocenters. The lowest BCUT2D eigenvalue weighted by molar-refractivity contribution is -0.102. The Kier molecular flexibility index (Phi) is 3.70. The van der Waals surface area contributed by atoms with E-state index >= 15 is 0 Å². The fourth-order valence-corrected chi connectivity index (χ4v) is 2.49. The number of nitrogens with zero attached hydrogens (tertiary/aromatic N) is 1. The summed E-state index contributed by atoms with van der Waals surface area (Å²) >= 11 is 0. The predicted octanol–water partition coefficient (Wildman–Crippen LogP) is 1.15. The van der Waals surface area contributed by atoms with Crippen LogP contribution in [0.1, 0.15) is 11.6 Å².